The Bertz CT molecular complexity index is 1080. The van der Waals surface area contributed by atoms with Crippen LogP contribution in [0, 0.1) is 23.2 Å². The highest BCUT2D eigenvalue weighted by atomic mass is 19.1. The van der Waals surface area contributed by atoms with E-state index in [0.29, 0.717) is 31.2 Å². The zero-order valence-corrected chi connectivity index (χ0v) is 18.2. The van der Waals surface area contributed by atoms with Crippen LogP contribution in [0.2, 0.25) is 0 Å². The van der Waals surface area contributed by atoms with Gasteiger partial charge in [-0.15, -0.1) is 0 Å². The van der Waals surface area contributed by atoms with Crippen molar-refractivity contribution in [1.82, 2.24) is 25.5 Å². The van der Waals surface area contributed by atoms with Crippen molar-refractivity contribution < 1.29 is 14.0 Å². The number of fused-ring (bicyclic) bond motifs is 2. The summed E-state index contributed by atoms with van der Waals surface area (Å²) in [5, 5.41) is 17.2. The summed E-state index contributed by atoms with van der Waals surface area (Å²) >= 11 is 0. The zero-order chi connectivity index (χ0) is 23.1. The molecule has 4 atom stereocenters. The van der Waals surface area contributed by atoms with Crippen LogP contribution in [-0.4, -0.2) is 65.4 Å². The molecule has 4 heterocycles. The first-order valence-corrected chi connectivity index (χ1v) is 11.1. The number of rotatable bonds is 5. The number of aromatic nitrogens is 2. The number of hydrogen-bond donors (Lipinski definition) is 3. The molecule has 1 aromatic heterocycles. The van der Waals surface area contributed by atoms with E-state index in [1.807, 2.05) is 11.0 Å². The fourth-order valence-corrected chi connectivity index (χ4v) is 4.92. The first-order chi connectivity index (χ1) is 16.0. The summed E-state index contributed by atoms with van der Waals surface area (Å²) in [5.41, 5.74) is 0.400. The van der Waals surface area contributed by atoms with Crippen LogP contribution < -0.4 is 20.9 Å². The van der Waals surface area contributed by atoms with Gasteiger partial charge in [-0.1, -0.05) is 0 Å². The standard InChI is InChI=1S/C22H25FN8O2/c1-25-20(32)19-17(23)7-13(9-27-19)28-22-26-5-4-18(29-22)30-10-14-2-3-15(11-30)31(14)21(33)16-6-12(16)8-24/h4-5,7,12,14-16,27H,2-3,6,9-11H2,1H3,(H,25,32)(H,26,28,29)/t12?,14-,15+,16-/m1/s1. The van der Waals surface area contributed by atoms with Crippen LogP contribution in [0.25, 0.3) is 0 Å². The Balaban J connectivity index is 1.26. The first-order valence-electron chi connectivity index (χ1n) is 11.1. The lowest BCUT2D eigenvalue weighted by Crippen LogP contribution is -2.56. The SMILES string of the molecule is CNC(=O)C1=C(F)C=C(Nc2nccc(N3C[C@H]4CC[C@@H](C3)N4C(=O)[C@@H]3CC3C#N)n2)CN1. The van der Waals surface area contributed by atoms with Crippen LogP contribution in [0.5, 0.6) is 0 Å². The Morgan fingerprint density at radius 3 is 2.70 bits per heavy atom. The number of carbonyl (C=O) groups excluding carboxylic acids is 2. The number of anilines is 2. The highest BCUT2D eigenvalue weighted by molar-refractivity contribution is 5.93. The summed E-state index contributed by atoms with van der Waals surface area (Å²) in [6, 6.07) is 4.28. The number of likely N-dealkylation sites (N-methyl/N-ethyl adjacent to an activating group) is 1. The Hall–Kier alpha value is -3.68. The van der Waals surface area contributed by atoms with Crippen LogP contribution in [-0.2, 0) is 9.59 Å². The summed E-state index contributed by atoms with van der Waals surface area (Å²) in [7, 11) is 1.44. The van der Waals surface area contributed by atoms with E-state index in [0.717, 1.165) is 18.7 Å². The van der Waals surface area contributed by atoms with E-state index in [1.165, 1.54) is 13.1 Å². The van der Waals surface area contributed by atoms with Gasteiger partial charge in [0.1, 0.15) is 11.5 Å². The molecule has 3 fully saturated rings. The molecule has 3 aliphatic heterocycles. The maximum atomic E-state index is 14.3. The molecule has 33 heavy (non-hydrogen) atoms. The van der Waals surface area contributed by atoms with E-state index >= 15 is 0 Å². The second-order valence-electron chi connectivity index (χ2n) is 8.80. The van der Waals surface area contributed by atoms with Crippen molar-refractivity contribution in [2.75, 3.05) is 36.9 Å². The maximum absolute atomic E-state index is 14.3. The third-order valence-corrected chi connectivity index (χ3v) is 6.70. The predicted molar refractivity (Wildman–Crippen MR) is 117 cm³/mol. The zero-order valence-electron chi connectivity index (χ0n) is 18.2. The van der Waals surface area contributed by atoms with Gasteiger partial charge in [0.2, 0.25) is 11.9 Å². The second-order valence-corrected chi connectivity index (χ2v) is 8.80. The molecule has 1 unspecified atom stereocenters. The van der Waals surface area contributed by atoms with Crippen LogP contribution >= 0.6 is 0 Å². The van der Waals surface area contributed by atoms with Crippen LogP contribution in [0.15, 0.2) is 35.6 Å². The minimum atomic E-state index is -0.661. The van der Waals surface area contributed by atoms with Gasteiger partial charge >= 0.3 is 0 Å². The molecule has 2 saturated heterocycles. The van der Waals surface area contributed by atoms with Gasteiger partial charge in [-0.2, -0.15) is 10.2 Å². The minimum Gasteiger partial charge on any atom is -0.373 e. The number of nitriles is 1. The summed E-state index contributed by atoms with van der Waals surface area (Å²) in [4.78, 5) is 37.5. The number of hydrogen-bond acceptors (Lipinski definition) is 8. The monoisotopic (exact) mass is 452 g/mol. The van der Waals surface area contributed by atoms with E-state index in [1.54, 1.807) is 6.20 Å². The molecule has 0 aromatic carbocycles. The fourth-order valence-electron chi connectivity index (χ4n) is 4.92. The van der Waals surface area contributed by atoms with E-state index in [-0.39, 0.29) is 42.1 Å². The molecule has 11 heteroatoms. The molecule has 1 aliphatic carbocycles. The summed E-state index contributed by atoms with van der Waals surface area (Å²) < 4.78 is 14.3. The number of halogens is 1. The summed E-state index contributed by atoms with van der Waals surface area (Å²) in [6.45, 7) is 1.60. The molecule has 3 N–H and O–H groups in total. The molecule has 0 spiro atoms. The summed E-state index contributed by atoms with van der Waals surface area (Å²) in [5.74, 6) is -0.233. The molecule has 5 rings (SSSR count). The van der Waals surface area contributed by atoms with Crippen molar-refractivity contribution >= 4 is 23.6 Å². The molecular formula is C22H25FN8O2. The number of allylic oxidation sites excluding steroid dienone is 2. The number of piperazine rings is 1. The molecule has 0 radical (unpaired) electrons. The predicted octanol–water partition coefficient (Wildman–Crippen LogP) is 0.642. The minimum absolute atomic E-state index is 0.104. The second kappa shape index (κ2) is 8.35. The van der Waals surface area contributed by atoms with E-state index < -0.39 is 11.7 Å². The number of amides is 2. The highest BCUT2D eigenvalue weighted by Gasteiger charge is 2.51. The Morgan fingerprint density at radius 2 is 2.06 bits per heavy atom. The first kappa shape index (κ1) is 21.2. The topological polar surface area (TPSA) is 126 Å². The quantitative estimate of drug-likeness (QED) is 0.594. The van der Waals surface area contributed by atoms with Gasteiger partial charge in [0, 0.05) is 44.1 Å². The molecule has 1 saturated carbocycles. The van der Waals surface area contributed by atoms with Gasteiger partial charge < -0.3 is 25.8 Å². The summed E-state index contributed by atoms with van der Waals surface area (Å²) in [6.07, 6.45) is 5.48. The van der Waals surface area contributed by atoms with Gasteiger partial charge in [-0.3, -0.25) is 9.59 Å². The molecule has 2 amide bonds. The molecule has 4 aliphatic rings. The van der Waals surface area contributed by atoms with Crippen molar-refractivity contribution in [3.8, 4) is 6.07 Å². The normalized spacial score (nSPS) is 28.0. The van der Waals surface area contributed by atoms with E-state index in [2.05, 4.69) is 36.9 Å². The van der Waals surface area contributed by atoms with Gasteiger partial charge in [-0.25, -0.2) is 9.37 Å². The van der Waals surface area contributed by atoms with Gasteiger partial charge in [-0.05, 0) is 31.4 Å². The largest absolute Gasteiger partial charge is 0.373 e. The van der Waals surface area contributed by atoms with Crippen LogP contribution in [0.4, 0.5) is 16.2 Å². The van der Waals surface area contributed by atoms with E-state index in [9.17, 15) is 14.0 Å². The Kier molecular flexibility index (Phi) is 5.36. The van der Waals surface area contributed by atoms with Crippen molar-refractivity contribution in [1.29, 1.82) is 5.26 Å². The fraction of sp³-hybridized carbons (Fsp3) is 0.500. The average molecular weight is 452 g/mol. The van der Waals surface area contributed by atoms with Gasteiger partial charge in [0.15, 0.2) is 5.83 Å². The van der Waals surface area contributed by atoms with Crippen LogP contribution in [0.3, 0.4) is 0 Å². The molecule has 10 nitrogen and oxygen atoms in total. The van der Waals surface area contributed by atoms with Gasteiger partial charge in [0.05, 0.1) is 24.4 Å². The molecule has 172 valence electrons. The third kappa shape index (κ3) is 3.97. The smallest absolute Gasteiger partial charge is 0.270 e. The lowest BCUT2D eigenvalue weighted by molar-refractivity contribution is -0.136. The van der Waals surface area contributed by atoms with Crippen molar-refractivity contribution in [3.63, 3.8) is 0 Å². The molecular weight excluding hydrogens is 427 g/mol. The number of dihydropyridines is 1. The van der Waals surface area contributed by atoms with E-state index in [4.69, 9.17) is 5.26 Å². The number of carbonyl (C=O) groups is 2. The van der Waals surface area contributed by atoms with Crippen molar-refractivity contribution in [3.05, 3.63) is 35.6 Å². The average Bonchev–Trinajstić information content (AvgIpc) is 3.57. The van der Waals surface area contributed by atoms with Crippen molar-refractivity contribution in [2.45, 2.75) is 31.3 Å². The maximum Gasteiger partial charge on any atom is 0.270 e. The Labute approximate surface area is 190 Å². The van der Waals surface area contributed by atoms with Gasteiger partial charge in [0.25, 0.3) is 5.91 Å². The number of nitrogens with zero attached hydrogens (tertiary/aromatic N) is 5. The molecule has 2 bridgehead atoms. The number of nitrogens with one attached hydrogen (secondary N) is 3. The lowest BCUT2D eigenvalue weighted by Gasteiger charge is -2.41. The lowest BCUT2D eigenvalue weighted by atomic mass is 10.1. The third-order valence-electron chi connectivity index (χ3n) is 6.70. The van der Waals surface area contributed by atoms with Crippen molar-refractivity contribution in [2.24, 2.45) is 11.8 Å². The molecule has 1 aromatic rings. The Morgan fingerprint density at radius 1 is 1.30 bits per heavy atom. The van der Waals surface area contributed by atoms with Crippen LogP contribution in [0.1, 0.15) is 19.3 Å². The highest BCUT2D eigenvalue weighted by Crippen LogP contribution is 2.43.